The van der Waals surface area contributed by atoms with Gasteiger partial charge in [0.25, 0.3) is 23.6 Å². The van der Waals surface area contributed by atoms with Crippen molar-refractivity contribution < 1.29 is 76.8 Å². The third-order valence-corrected chi connectivity index (χ3v) is 11.6. The second-order valence-electron chi connectivity index (χ2n) is 10.5. The smallest absolute Gasteiger partial charge is 0.543 e. The van der Waals surface area contributed by atoms with Crippen LogP contribution in [0.3, 0.4) is 0 Å². The van der Waals surface area contributed by atoms with Crippen LogP contribution in [-0.2, 0) is 28.8 Å². The maximum Gasteiger partial charge on any atom is 2.00 e. The molecule has 6 heterocycles. The minimum atomic E-state index is -1.49. The van der Waals surface area contributed by atoms with E-state index < -0.39 is 69.8 Å². The number of thiazole rings is 2. The van der Waals surface area contributed by atoms with E-state index in [1.165, 1.54) is 46.4 Å². The molecule has 0 spiro atoms. The number of rotatable bonds is 10. The van der Waals surface area contributed by atoms with Crippen LogP contribution in [0.25, 0.3) is 0 Å². The SMILES string of the molecule is C=CC1=C(C(=O)[O-])N2C(=O)[C@@H](NC(=O)/C(=N\O)c3csc(N)n3)[C@H]2SC1.C=CC1=C(C(=O)[O-])N2C(=O)[C@@H](NC(=O)/C(=N\O)c3csc(N)n3)[C@H]2SC1.O.O.O.O.O.[Ca+2]. The number of allylic oxidation sites excluding steroid dienone is 2. The number of aliphatic carboxylic acids is 2. The fourth-order valence-corrected chi connectivity index (χ4v) is 8.99. The van der Waals surface area contributed by atoms with Gasteiger partial charge in [0, 0.05) is 22.3 Å². The molecule has 25 nitrogen and oxygen atoms in total. The van der Waals surface area contributed by atoms with Crippen molar-refractivity contribution in [2.45, 2.75) is 22.8 Å². The Morgan fingerprint density at radius 1 is 0.741 bits per heavy atom. The second-order valence-corrected chi connectivity index (χ2v) is 14.5. The molecule has 4 aliphatic heterocycles. The van der Waals surface area contributed by atoms with Gasteiger partial charge < -0.3 is 79.7 Å². The number of anilines is 2. The average Bonchev–Trinajstić information content (AvgIpc) is 3.76. The minimum Gasteiger partial charge on any atom is -0.543 e. The number of nitrogens with two attached hydrogens (primary N) is 2. The van der Waals surface area contributed by atoms with E-state index in [0.29, 0.717) is 22.7 Å². The van der Waals surface area contributed by atoms with Gasteiger partial charge in [-0.25, -0.2) is 9.97 Å². The number of nitrogens with zero attached hydrogens (tertiary/aromatic N) is 6. The van der Waals surface area contributed by atoms with E-state index in [1.807, 2.05) is 0 Å². The molecule has 18 N–H and O–H groups in total. The Bertz CT molecular complexity index is 1910. The first-order valence-corrected chi connectivity index (χ1v) is 18.1. The van der Waals surface area contributed by atoms with Crippen molar-refractivity contribution in [1.29, 1.82) is 0 Å². The fourth-order valence-electron chi connectivity index (χ4n) is 5.22. The van der Waals surface area contributed by atoms with Gasteiger partial charge in [0.15, 0.2) is 21.7 Å². The molecule has 2 aromatic heterocycles. The van der Waals surface area contributed by atoms with Crippen LogP contribution in [-0.4, -0.2) is 177 Å². The summed E-state index contributed by atoms with van der Waals surface area (Å²) in [6.45, 7) is 7.07. The number of oxime groups is 2. The minimum absolute atomic E-state index is 0. The van der Waals surface area contributed by atoms with Gasteiger partial charge in [-0.05, 0) is 11.1 Å². The summed E-state index contributed by atoms with van der Waals surface area (Å²) in [6, 6.07) is -1.94. The summed E-state index contributed by atoms with van der Waals surface area (Å²) in [6.07, 6.45) is 2.72. The Kier molecular flexibility index (Phi) is 22.0. The van der Waals surface area contributed by atoms with Crippen LogP contribution in [0.1, 0.15) is 11.4 Å². The van der Waals surface area contributed by atoms with Gasteiger partial charge >= 0.3 is 37.7 Å². The third kappa shape index (κ3) is 10.5. The summed E-state index contributed by atoms with van der Waals surface area (Å²) in [7, 11) is 0. The number of carbonyl (C=O) groups excluding carboxylic acids is 6. The number of hydrogen-bond acceptors (Lipinski definition) is 20. The Morgan fingerprint density at radius 2 is 1.07 bits per heavy atom. The number of nitrogens with one attached hydrogen (secondary N) is 2. The molecule has 30 heteroatoms. The molecule has 0 aliphatic carbocycles. The van der Waals surface area contributed by atoms with Gasteiger partial charge in [0.05, 0.1) is 23.3 Å². The van der Waals surface area contributed by atoms with E-state index in [2.05, 4.69) is 44.1 Å². The molecule has 0 aromatic carbocycles. The topological polar surface area (TPSA) is 480 Å². The molecule has 0 unspecified atom stereocenters. The molecule has 2 aromatic rings. The molecule has 6 rings (SSSR count). The number of nitrogen functional groups attached to an aromatic ring is 2. The van der Waals surface area contributed by atoms with Crippen molar-refractivity contribution in [3.8, 4) is 0 Å². The molecule has 2 fully saturated rings. The van der Waals surface area contributed by atoms with Gasteiger partial charge in [0.1, 0.15) is 34.2 Å². The quantitative estimate of drug-likeness (QED) is 0.0424. The van der Waals surface area contributed by atoms with E-state index in [0.717, 1.165) is 32.5 Å². The Morgan fingerprint density at radius 3 is 1.31 bits per heavy atom. The molecule has 0 radical (unpaired) electrons. The molecule has 312 valence electrons. The van der Waals surface area contributed by atoms with Crippen molar-refractivity contribution in [1.82, 2.24) is 30.4 Å². The van der Waals surface area contributed by atoms with Gasteiger partial charge in [-0.15, -0.1) is 46.2 Å². The molecule has 0 saturated carbocycles. The molecule has 0 bridgehead atoms. The molecule has 4 amide bonds. The first-order chi connectivity index (χ1) is 24.8. The zero-order chi connectivity index (χ0) is 38.0. The van der Waals surface area contributed by atoms with Crippen molar-refractivity contribution in [3.63, 3.8) is 0 Å². The molecule has 58 heavy (non-hydrogen) atoms. The number of carbonyl (C=O) groups is 6. The largest absolute Gasteiger partial charge is 2.00 e. The van der Waals surface area contributed by atoms with E-state index in [9.17, 15) is 39.0 Å². The van der Waals surface area contributed by atoms with Crippen molar-refractivity contribution in [3.05, 3.63) is 70.0 Å². The standard InChI is InChI=1S/2C14H13N5O5S2.Ca.5H2O/c2*1-2-5-3-25-12-8(11(21)19(12)9(5)13(22)23)17-10(20)7(18-24)6-4-26-14(15)16-6;;;;;;/h2*2,4,8,12,24H,1,3H2,(H2,15,16)(H,17,20)(H,22,23);;5*1H2/q;;+2;;;;;/p-2/b2*18-7-;;;;;;/t2*8-,12-;;;;;;/m11....../s1. The van der Waals surface area contributed by atoms with Crippen molar-refractivity contribution in [2.75, 3.05) is 23.0 Å². The van der Waals surface area contributed by atoms with Gasteiger partial charge in [-0.2, -0.15) is 0 Å². The third-order valence-electron chi connectivity index (χ3n) is 7.61. The zero-order valence-electron chi connectivity index (χ0n) is 29.3. The summed E-state index contributed by atoms with van der Waals surface area (Å²) < 4.78 is 0. The molecular formula is C28H34CaN10O15S4. The number of thioether (sulfide) groups is 2. The van der Waals surface area contributed by atoms with E-state index in [-0.39, 0.29) is 98.2 Å². The second kappa shape index (κ2) is 23.1. The van der Waals surface area contributed by atoms with Crippen LogP contribution in [0.5, 0.6) is 0 Å². The first kappa shape index (κ1) is 55.4. The zero-order valence-corrected chi connectivity index (χ0v) is 34.8. The Hall–Kier alpha value is -4.66. The van der Waals surface area contributed by atoms with Crippen LogP contribution in [0.15, 0.2) is 68.9 Å². The van der Waals surface area contributed by atoms with Gasteiger partial charge in [-0.1, -0.05) is 35.6 Å². The maximum atomic E-state index is 12.4. The van der Waals surface area contributed by atoms with Crippen LogP contribution in [0, 0.1) is 0 Å². The van der Waals surface area contributed by atoms with Crippen molar-refractivity contribution >= 4 is 141 Å². The molecular weight excluding hydrogens is 885 g/mol. The van der Waals surface area contributed by atoms with Crippen LogP contribution >= 0.6 is 46.2 Å². The summed E-state index contributed by atoms with van der Waals surface area (Å²) in [5.41, 5.74) is 10.6. The predicted molar refractivity (Wildman–Crippen MR) is 208 cm³/mol. The van der Waals surface area contributed by atoms with E-state index in [4.69, 9.17) is 21.9 Å². The van der Waals surface area contributed by atoms with Crippen LogP contribution in [0.2, 0.25) is 0 Å². The number of amides is 4. The van der Waals surface area contributed by atoms with E-state index in [1.54, 1.807) is 0 Å². The number of aromatic nitrogens is 2. The normalized spacial score (nSPS) is 20.2. The number of fused-ring (bicyclic) bond motifs is 2. The Balaban J connectivity index is 0. The maximum absolute atomic E-state index is 12.4. The van der Waals surface area contributed by atoms with Crippen LogP contribution in [0.4, 0.5) is 10.3 Å². The summed E-state index contributed by atoms with van der Waals surface area (Å²) >= 11 is 4.66. The first-order valence-electron chi connectivity index (χ1n) is 14.3. The van der Waals surface area contributed by atoms with E-state index >= 15 is 0 Å². The van der Waals surface area contributed by atoms with Gasteiger partial charge in [-0.3, -0.25) is 29.0 Å². The number of hydrogen-bond donors (Lipinski definition) is 6. The van der Waals surface area contributed by atoms with Crippen molar-refractivity contribution in [2.24, 2.45) is 10.3 Å². The fraction of sp³-hybridized carbons (Fsp3) is 0.214. The monoisotopic (exact) mass is 918 g/mol. The van der Waals surface area contributed by atoms with Crippen LogP contribution < -0.4 is 32.3 Å². The summed E-state index contributed by atoms with van der Waals surface area (Å²) in [4.78, 5) is 81.9. The predicted octanol–water partition coefficient (Wildman–Crippen LogP) is -7.52. The average molecular weight is 919 g/mol. The van der Waals surface area contributed by atoms with Gasteiger partial charge in [0.2, 0.25) is 0 Å². The molecule has 4 atom stereocenters. The molecule has 4 aliphatic rings. The number of carboxylic acids is 2. The molecule has 2 saturated heterocycles. The summed E-state index contributed by atoms with van der Waals surface area (Å²) in [5, 5.41) is 53.6. The number of carboxylic acid groups (broad SMARTS) is 2. The summed E-state index contributed by atoms with van der Waals surface area (Å²) in [5.74, 6) is -5.24. The Labute approximate surface area is 371 Å². The number of β-lactam (4-membered cyclic amide) rings is 2.